The first kappa shape index (κ1) is 12.3. The summed E-state index contributed by atoms with van der Waals surface area (Å²) in [4.78, 5) is 15.9. The van der Waals surface area contributed by atoms with E-state index in [1.54, 1.807) is 0 Å². The molecule has 90 valence electrons. The summed E-state index contributed by atoms with van der Waals surface area (Å²) in [5.41, 5.74) is 1.56. The molecular weight excluding hydrogens is 248 g/mol. The van der Waals surface area contributed by atoms with Crippen LogP contribution in [0.1, 0.15) is 9.88 Å². The van der Waals surface area contributed by atoms with E-state index >= 15 is 0 Å². The van der Waals surface area contributed by atoms with Gasteiger partial charge in [-0.15, -0.1) is 11.3 Å². The molecule has 0 bridgehead atoms. The zero-order valence-corrected chi connectivity index (χ0v) is 10.3. The first-order chi connectivity index (χ1) is 8.70. The molecule has 5 heteroatoms. The number of carboxylic acids is 1. The highest BCUT2D eigenvalue weighted by molar-refractivity contribution is 7.12. The number of benzene rings is 1. The molecule has 0 unspecified atom stereocenters. The van der Waals surface area contributed by atoms with Gasteiger partial charge in [-0.2, -0.15) is 5.26 Å². The van der Waals surface area contributed by atoms with E-state index in [0.717, 1.165) is 5.56 Å². The largest absolute Gasteiger partial charge is 0.481 e. The summed E-state index contributed by atoms with van der Waals surface area (Å²) in [6, 6.07) is 11.4. The number of nitriles is 1. The monoisotopic (exact) mass is 258 g/mol. The lowest BCUT2D eigenvalue weighted by Gasteiger charge is -1.99. The molecule has 0 saturated heterocycles. The summed E-state index contributed by atoms with van der Waals surface area (Å²) in [5.74, 6) is -0.890. The summed E-state index contributed by atoms with van der Waals surface area (Å²) >= 11 is 1.29. The summed E-state index contributed by atoms with van der Waals surface area (Å²) in [6.07, 6.45) is 0.150. The van der Waals surface area contributed by atoms with Crippen LogP contribution in [-0.2, 0) is 17.6 Å². The lowest BCUT2D eigenvalue weighted by molar-refractivity contribution is -0.136. The average Bonchev–Trinajstić information content (AvgIpc) is 2.73. The fourth-order valence-corrected chi connectivity index (χ4v) is 2.64. The van der Waals surface area contributed by atoms with Crippen molar-refractivity contribution >= 4 is 17.3 Å². The third-order valence-corrected chi connectivity index (χ3v) is 3.39. The molecule has 18 heavy (non-hydrogen) atoms. The van der Waals surface area contributed by atoms with E-state index in [-0.39, 0.29) is 12.8 Å². The van der Waals surface area contributed by atoms with Crippen molar-refractivity contribution in [2.75, 3.05) is 0 Å². The van der Waals surface area contributed by atoms with Crippen LogP contribution in [-0.4, -0.2) is 16.1 Å². The zero-order chi connectivity index (χ0) is 13.0. The Hall–Kier alpha value is -2.19. The maximum Gasteiger partial charge on any atom is 0.308 e. The molecule has 4 nitrogen and oxygen atoms in total. The Morgan fingerprint density at radius 2 is 2.11 bits per heavy atom. The number of thiazole rings is 1. The van der Waals surface area contributed by atoms with Gasteiger partial charge >= 0.3 is 5.97 Å². The van der Waals surface area contributed by atoms with Gasteiger partial charge < -0.3 is 5.11 Å². The minimum absolute atomic E-state index is 0.0622. The van der Waals surface area contributed by atoms with E-state index in [1.807, 2.05) is 36.4 Å². The van der Waals surface area contributed by atoms with Crippen LogP contribution in [0.2, 0.25) is 0 Å². The fourth-order valence-electron chi connectivity index (χ4n) is 1.62. The number of aliphatic carboxylic acids is 1. The number of hydrogen-bond donors (Lipinski definition) is 1. The molecule has 0 aliphatic carbocycles. The number of hydrogen-bond acceptors (Lipinski definition) is 4. The van der Waals surface area contributed by atoms with Crippen molar-refractivity contribution in [1.29, 1.82) is 5.26 Å². The van der Waals surface area contributed by atoms with Gasteiger partial charge in [0.05, 0.1) is 24.6 Å². The van der Waals surface area contributed by atoms with Crippen molar-refractivity contribution < 1.29 is 9.90 Å². The quantitative estimate of drug-likeness (QED) is 0.914. The summed E-state index contributed by atoms with van der Waals surface area (Å²) < 4.78 is 0. The van der Waals surface area contributed by atoms with Crippen LogP contribution >= 0.6 is 11.3 Å². The average molecular weight is 258 g/mol. The van der Waals surface area contributed by atoms with Gasteiger partial charge in [0.15, 0.2) is 0 Å². The number of carboxylic acid groups (broad SMARTS) is 1. The number of carbonyl (C=O) groups is 1. The van der Waals surface area contributed by atoms with Gasteiger partial charge in [-0.1, -0.05) is 30.3 Å². The van der Waals surface area contributed by atoms with Crippen molar-refractivity contribution in [2.45, 2.75) is 12.8 Å². The third-order valence-electron chi connectivity index (χ3n) is 2.33. The van der Waals surface area contributed by atoms with Crippen LogP contribution in [0, 0.1) is 11.3 Å². The van der Waals surface area contributed by atoms with Gasteiger partial charge in [-0.25, -0.2) is 4.98 Å². The summed E-state index contributed by atoms with van der Waals surface area (Å²) in [7, 11) is 0. The second kappa shape index (κ2) is 5.43. The maximum atomic E-state index is 10.8. The van der Waals surface area contributed by atoms with E-state index < -0.39 is 5.97 Å². The summed E-state index contributed by atoms with van der Waals surface area (Å²) in [5, 5.41) is 18.2. The van der Waals surface area contributed by atoms with E-state index in [4.69, 9.17) is 10.4 Å². The van der Waals surface area contributed by atoms with E-state index in [1.165, 1.54) is 11.3 Å². The predicted molar refractivity (Wildman–Crippen MR) is 68.2 cm³/mol. The molecule has 0 aliphatic heterocycles. The molecule has 1 aromatic heterocycles. The van der Waals surface area contributed by atoms with E-state index in [9.17, 15) is 4.79 Å². The van der Waals surface area contributed by atoms with Crippen LogP contribution in [0.3, 0.4) is 0 Å². The Morgan fingerprint density at radius 1 is 1.39 bits per heavy atom. The van der Waals surface area contributed by atoms with Gasteiger partial charge in [0, 0.05) is 10.4 Å². The fraction of sp³-hybridized carbons (Fsp3) is 0.154. The van der Waals surface area contributed by atoms with Crippen molar-refractivity contribution in [1.82, 2.24) is 4.98 Å². The van der Waals surface area contributed by atoms with Crippen LogP contribution in [0.5, 0.6) is 0 Å². The Morgan fingerprint density at radius 3 is 2.72 bits per heavy atom. The molecule has 0 fully saturated rings. The number of nitrogens with zero attached hydrogens (tertiary/aromatic N) is 2. The van der Waals surface area contributed by atoms with Gasteiger partial charge in [0.2, 0.25) is 0 Å². The molecule has 0 radical (unpaired) electrons. The first-order valence-electron chi connectivity index (χ1n) is 5.33. The molecular formula is C13H10N2O2S. The van der Waals surface area contributed by atoms with Crippen LogP contribution in [0.4, 0.5) is 0 Å². The number of rotatable bonds is 4. The molecule has 1 N–H and O–H groups in total. The molecule has 0 saturated carbocycles. The lowest BCUT2D eigenvalue weighted by Crippen LogP contribution is -1.99. The minimum Gasteiger partial charge on any atom is -0.481 e. The smallest absolute Gasteiger partial charge is 0.308 e. The lowest BCUT2D eigenvalue weighted by atomic mass is 10.1. The Kier molecular flexibility index (Phi) is 3.70. The first-order valence-corrected chi connectivity index (χ1v) is 6.15. The van der Waals surface area contributed by atoms with Gasteiger partial charge in [-0.3, -0.25) is 4.79 Å². The molecule has 2 aromatic rings. The van der Waals surface area contributed by atoms with Crippen LogP contribution < -0.4 is 0 Å². The van der Waals surface area contributed by atoms with Gasteiger partial charge in [-0.05, 0) is 0 Å². The van der Waals surface area contributed by atoms with Crippen molar-refractivity contribution in [3.05, 3.63) is 40.2 Å². The molecule has 1 aromatic carbocycles. The second-order valence-electron chi connectivity index (χ2n) is 3.65. The van der Waals surface area contributed by atoms with Crippen molar-refractivity contribution in [3.8, 4) is 17.3 Å². The SMILES string of the molecule is N#CCc1nc(-c2ccccc2)c(CC(=O)O)s1. The molecule has 0 aliphatic rings. The maximum absolute atomic E-state index is 10.8. The third kappa shape index (κ3) is 2.73. The Balaban J connectivity index is 2.44. The minimum atomic E-state index is -0.890. The highest BCUT2D eigenvalue weighted by Gasteiger charge is 2.15. The molecule has 0 amide bonds. The van der Waals surface area contributed by atoms with Crippen molar-refractivity contribution in [2.24, 2.45) is 0 Å². The zero-order valence-electron chi connectivity index (χ0n) is 9.46. The predicted octanol–water partition coefficient (Wildman–Crippen LogP) is 2.50. The van der Waals surface area contributed by atoms with Crippen LogP contribution in [0.25, 0.3) is 11.3 Å². The highest BCUT2D eigenvalue weighted by Crippen LogP contribution is 2.28. The van der Waals surface area contributed by atoms with Crippen LogP contribution in [0.15, 0.2) is 30.3 Å². The normalized spacial score (nSPS) is 9.94. The second-order valence-corrected chi connectivity index (χ2v) is 4.82. The number of aromatic nitrogens is 1. The topological polar surface area (TPSA) is 74.0 Å². The highest BCUT2D eigenvalue weighted by atomic mass is 32.1. The Labute approximate surface area is 108 Å². The summed E-state index contributed by atoms with van der Waals surface area (Å²) in [6.45, 7) is 0. The molecule has 1 heterocycles. The van der Waals surface area contributed by atoms with Crippen molar-refractivity contribution in [3.63, 3.8) is 0 Å². The molecule has 0 atom stereocenters. The van der Waals surface area contributed by atoms with Gasteiger partial charge in [0.25, 0.3) is 0 Å². The standard InChI is InChI=1S/C13H10N2O2S/c14-7-6-11-15-13(9-4-2-1-3-5-9)10(18-11)8-12(16)17/h1-5H,6,8H2,(H,16,17). The Bertz CT molecular complexity index is 599. The van der Waals surface area contributed by atoms with Gasteiger partial charge in [0.1, 0.15) is 5.01 Å². The van der Waals surface area contributed by atoms with E-state index in [2.05, 4.69) is 4.98 Å². The molecule has 2 rings (SSSR count). The van der Waals surface area contributed by atoms with E-state index in [0.29, 0.717) is 15.6 Å². The molecule has 0 spiro atoms.